The summed E-state index contributed by atoms with van der Waals surface area (Å²) in [6, 6.07) is 15.7. The third-order valence-corrected chi connectivity index (χ3v) is 5.50. The van der Waals surface area contributed by atoms with E-state index in [2.05, 4.69) is 41.4 Å². The number of hydrogen-bond acceptors (Lipinski definition) is 4. The molecule has 5 nitrogen and oxygen atoms in total. The molecule has 0 bridgehead atoms. The van der Waals surface area contributed by atoms with Crippen LogP contribution in [0.25, 0.3) is 0 Å². The molecule has 1 heterocycles. The number of amides is 1. The minimum absolute atomic E-state index is 0.0896. The topological polar surface area (TPSA) is 50.8 Å². The molecule has 0 aliphatic carbocycles. The summed E-state index contributed by atoms with van der Waals surface area (Å²) in [5.41, 5.74) is 2.34. The van der Waals surface area contributed by atoms with Gasteiger partial charge in [0.25, 0.3) is 5.91 Å². The minimum Gasteiger partial charge on any atom is -0.497 e. The van der Waals surface area contributed by atoms with Gasteiger partial charge in [-0.3, -0.25) is 4.79 Å². The average molecular weight is 397 g/mol. The molecule has 2 aromatic carbocycles. The molecule has 3 rings (SSSR count). The second kappa shape index (κ2) is 9.68. The van der Waals surface area contributed by atoms with E-state index in [9.17, 15) is 4.79 Å². The number of rotatable bonds is 7. The Morgan fingerprint density at radius 2 is 1.86 bits per heavy atom. The van der Waals surface area contributed by atoms with Crippen molar-refractivity contribution in [3.8, 4) is 11.5 Å². The maximum absolute atomic E-state index is 12.6. The average Bonchev–Trinajstić information content (AvgIpc) is 2.74. The van der Waals surface area contributed by atoms with Gasteiger partial charge in [0, 0.05) is 24.8 Å². The first kappa shape index (κ1) is 21.0. The molecule has 0 radical (unpaired) electrons. The van der Waals surface area contributed by atoms with Crippen molar-refractivity contribution in [2.75, 3.05) is 25.1 Å². The molecule has 1 saturated heterocycles. The maximum Gasteiger partial charge on any atom is 0.261 e. The van der Waals surface area contributed by atoms with Crippen LogP contribution in [-0.4, -0.2) is 32.2 Å². The first-order valence-electron chi connectivity index (χ1n) is 10.4. The van der Waals surface area contributed by atoms with Gasteiger partial charge in [-0.15, -0.1) is 0 Å². The van der Waals surface area contributed by atoms with Crippen molar-refractivity contribution in [2.45, 2.75) is 45.8 Å². The molecule has 5 heteroatoms. The van der Waals surface area contributed by atoms with Gasteiger partial charge in [0.05, 0.1) is 13.2 Å². The van der Waals surface area contributed by atoms with Crippen molar-refractivity contribution < 1.29 is 14.3 Å². The van der Waals surface area contributed by atoms with E-state index in [0.29, 0.717) is 11.5 Å². The van der Waals surface area contributed by atoms with Crippen LogP contribution in [-0.2, 0) is 4.79 Å². The van der Waals surface area contributed by atoms with Gasteiger partial charge in [0.1, 0.15) is 11.5 Å². The lowest BCUT2D eigenvalue weighted by molar-refractivity contribution is -0.127. The summed E-state index contributed by atoms with van der Waals surface area (Å²) >= 11 is 0. The minimum atomic E-state index is -0.598. The number of methoxy groups -OCH3 is 1. The smallest absolute Gasteiger partial charge is 0.261 e. The van der Waals surface area contributed by atoms with Crippen molar-refractivity contribution in [3.05, 3.63) is 54.1 Å². The summed E-state index contributed by atoms with van der Waals surface area (Å²) in [7, 11) is 1.61. The van der Waals surface area contributed by atoms with Crippen molar-refractivity contribution in [1.82, 2.24) is 5.32 Å². The molecular weight excluding hydrogens is 364 g/mol. The first-order chi connectivity index (χ1) is 14.0. The van der Waals surface area contributed by atoms with Gasteiger partial charge in [0.15, 0.2) is 6.10 Å². The molecule has 1 aliphatic heterocycles. The molecule has 0 saturated carbocycles. The Bertz CT molecular complexity index is 806. The van der Waals surface area contributed by atoms with Crippen LogP contribution in [0.4, 0.5) is 5.69 Å². The highest BCUT2D eigenvalue weighted by molar-refractivity contribution is 5.81. The van der Waals surface area contributed by atoms with Gasteiger partial charge in [-0.2, -0.15) is 0 Å². The molecule has 1 N–H and O–H groups in total. The molecule has 3 atom stereocenters. The number of nitrogens with zero attached hydrogens (tertiary/aromatic N) is 1. The number of benzene rings is 2. The molecule has 1 amide bonds. The molecule has 29 heavy (non-hydrogen) atoms. The highest BCUT2D eigenvalue weighted by Gasteiger charge is 2.19. The Kier molecular flexibility index (Phi) is 7.02. The molecule has 156 valence electrons. The van der Waals surface area contributed by atoms with Gasteiger partial charge in [-0.05, 0) is 62.4 Å². The largest absolute Gasteiger partial charge is 0.497 e. The SMILES string of the molecule is COc1cccc(O[C@H](C)C(=O)N[C@H](C)c2ccc(N3CCC[C@H](C)C3)cc2)c1. The van der Waals surface area contributed by atoms with Crippen molar-refractivity contribution in [1.29, 1.82) is 0 Å². The van der Waals surface area contributed by atoms with E-state index in [4.69, 9.17) is 9.47 Å². The standard InChI is InChI=1S/C24H32N2O3/c1-17-7-6-14-26(16-17)21-12-10-20(11-13-21)18(2)25-24(27)19(3)29-23-9-5-8-22(15-23)28-4/h5,8-13,15,17-19H,6-7,14,16H2,1-4H3,(H,25,27)/t17-,18+,19+/m0/s1. The number of nitrogens with one attached hydrogen (secondary N) is 1. The van der Waals surface area contributed by atoms with Crippen LogP contribution in [0.1, 0.15) is 45.2 Å². The summed E-state index contributed by atoms with van der Waals surface area (Å²) in [6.07, 6.45) is 1.97. The lowest BCUT2D eigenvalue weighted by Gasteiger charge is -2.33. The van der Waals surface area contributed by atoms with Crippen LogP contribution in [0, 0.1) is 5.92 Å². The Labute approximate surface area is 174 Å². The van der Waals surface area contributed by atoms with Crippen LogP contribution >= 0.6 is 0 Å². The van der Waals surface area contributed by atoms with Crippen molar-refractivity contribution in [2.24, 2.45) is 5.92 Å². The fourth-order valence-electron chi connectivity index (χ4n) is 3.74. The predicted molar refractivity (Wildman–Crippen MR) is 117 cm³/mol. The Morgan fingerprint density at radius 3 is 2.55 bits per heavy atom. The molecule has 1 aliphatic rings. The lowest BCUT2D eigenvalue weighted by atomic mass is 9.99. The molecule has 1 fully saturated rings. The normalized spacial score (nSPS) is 18.6. The van der Waals surface area contributed by atoms with Crippen LogP contribution in [0.2, 0.25) is 0 Å². The second-order valence-corrected chi connectivity index (χ2v) is 7.95. The highest BCUT2D eigenvalue weighted by Crippen LogP contribution is 2.25. The highest BCUT2D eigenvalue weighted by atomic mass is 16.5. The summed E-state index contributed by atoms with van der Waals surface area (Å²) < 4.78 is 11.0. The zero-order valence-electron chi connectivity index (χ0n) is 17.9. The molecule has 0 spiro atoms. The quantitative estimate of drug-likeness (QED) is 0.744. The van der Waals surface area contributed by atoms with E-state index in [1.807, 2.05) is 25.1 Å². The Balaban J connectivity index is 1.55. The van der Waals surface area contributed by atoms with Crippen LogP contribution in [0.15, 0.2) is 48.5 Å². The third-order valence-electron chi connectivity index (χ3n) is 5.50. The van der Waals surface area contributed by atoms with Gasteiger partial charge >= 0.3 is 0 Å². The number of anilines is 1. The fourth-order valence-corrected chi connectivity index (χ4v) is 3.74. The second-order valence-electron chi connectivity index (χ2n) is 7.95. The van der Waals surface area contributed by atoms with Gasteiger partial charge in [0.2, 0.25) is 0 Å². The van der Waals surface area contributed by atoms with E-state index in [0.717, 1.165) is 24.6 Å². The molecular formula is C24H32N2O3. The predicted octanol–water partition coefficient (Wildman–Crippen LogP) is 4.58. The molecule has 0 unspecified atom stereocenters. The maximum atomic E-state index is 12.6. The zero-order valence-corrected chi connectivity index (χ0v) is 17.9. The number of piperidine rings is 1. The molecule has 2 aromatic rings. The number of ether oxygens (including phenoxy) is 2. The number of carbonyl (C=O) groups excluding carboxylic acids is 1. The van der Waals surface area contributed by atoms with Gasteiger partial charge in [-0.1, -0.05) is 25.1 Å². The monoisotopic (exact) mass is 396 g/mol. The number of hydrogen-bond donors (Lipinski definition) is 1. The number of carbonyl (C=O) groups is 1. The van der Waals surface area contributed by atoms with Gasteiger partial charge < -0.3 is 19.7 Å². The van der Waals surface area contributed by atoms with E-state index < -0.39 is 6.10 Å². The van der Waals surface area contributed by atoms with Crippen molar-refractivity contribution >= 4 is 11.6 Å². The summed E-state index contributed by atoms with van der Waals surface area (Å²) in [6.45, 7) is 8.29. The van der Waals surface area contributed by atoms with E-state index in [-0.39, 0.29) is 11.9 Å². The summed E-state index contributed by atoms with van der Waals surface area (Å²) in [5.74, 6) is 1.91. The third kappa shape index (κ3) is 5.66. The van der Waals surface area contributed by atoms with E-state index in [1.54, 1.807) is 20.1 Å². The molecule has 0 aromatic heterocycles. The van der Waals surface area contributed by atoms with Crippen LogP contribution in [0.5, 0.6) is 11.5 Å². The fraction of sp³-hybridized carbons (Fsp3) is 0.458. The summed E-state index contributed by atoms with van der Waals surface area (Å²) in [5, 5.41) is 3.04. The zero-order chi connectivity index (χ0) is 20.8. The Morgan fingerprint density at radius 1 is 1.14 bits per heavy atom. The van der Waals surface area contributed by atoms with Crippen LogP contribution < -0.4 is 19.7 Å². The van der Waals surface area contributed by atoms with Crippen LogP contribution in [0.3, 0.4) is 0 Å². The lowest BCUT2D eigenvalue weighted by Crippen LogP contribution is -2.37. The van der Waals surface area contributed by atoms with E-state index >= 15 is 0 Å². The summed E-state index contributed by atoms with van der Waals surface area (Å²) in [4.78, 5) is 15.0. The Hall–Kier alpha value is -2.69. The van der Waals surface area contributed by atoms with E-state index in [1.165, 1.54) is 18.5 Å². The van der Waals surface area contributed by atoms with Gasteiger partial charge in [-0.25, -0.2) is 0 Å². The first-order valence-corrected chi connectivity index (χ1v) is 10.4. The van der Waals surface area contributed by atoms with Crippen molar-refractivity contribution in [3.63, 3.8) is 0 Å².